The number of thioether (sulfide) groups is 1. The first-order valence-electron chi connectivity index (χ1n) is 8.33. The highest BCUT2D eigenvalue weighted by Gasteiger charge is 2.39. The summed E-state index contributed by atoms with van der Waals surface area (Å²) in [7, 11) is 0. The number of hydrogen-bond donors (Lipinski definition) is 0. The summed E-state index contributed by atoms with van der Waals surface area (Å²) in [6.45, 7) is 3.78. The van der Waals surface area contributed by atoms with Crippen LogP contribution in [0.3, 0.4) is 0 Å². The molecule has 0 N–H and O–H groups in total. The number of rotatable bonds is 6. The number of carbonyl (C=O) groups excluding carboxylic acids is 4. The van der Waals surface area contributed by atoms with Gasteiger partial charge >= 0.3 is 0 Å². The lowest BCUT2D eigenvalue weighted by Crippen LogP contribution is -2.38. The smallest absolute Gasteiger partial charge is 0.219 e. The highest BCUT2D eigenvalue weighted by Crippen LogP contribution is 2.33. The van der Waals surface area contributed by atoms with Crippen LogP contribution in [0.2, 0.25) is 0 Å². The third kappa shape index (κ3) is 4.20. The van der Waals surface area contributed by atoms with Crippen molar-refractivity contribution in [3.8, 4) is 0 Å². The summed E-state index contributed by atoms with van der Waals surface area (Å²) in [5.41, 5.74) is 1.49. The van der Waals surface area contributed by atoms with Crippen LogP contribution in [0.5, 0.6) is 0 Å². The van der Waals surface area contributed by atoms with Crippen molar-refractivity contribution >= 4 is 34.2 Å². The van der Waals surface area contributed by atoms with Crippen LogP contribution in [-0.2, 0) is 14.4 Å². The predicted octanol–water partition coefficient (Wildman–Crippen LogP) is 3.58. The second-order valence-electron chi connectivity index (χ2n) is 6.03. The Morgan fingerprint density at radius 3 is 2.12 bits per heavy atom. The zero-order chi connectivity index (χ0) is 17.7. The van der Waals surface area contributed by atoms with Gasteiger partial charge in [0.15, 0.2) is 17.3 Å². The second-order valence-corrected chi connectivity index (χ2v) is 7.27. The van der Waals surface area contributed by atoms with Crippen LogP contribution in [0.25, 0.3) is 0 Å². The Balaban J connectivity index is 2.09. The van der Waals surface area contributed by atoms with Crippen LogP contribution in [0.1, 0.15) is 61.4 Å². The maximum absolute atomic E-state index is 12.3. The van der Waals surface area contributed by atoms with E-state index in [0.717, 1.165) is 11.3 Å². The third-order valence-electron chi connectivity index (χ3n) is 4.25. The molecule has 1 aliphatic rings. The molecule has 128 valence electrons. The van der Waals surface area contributed by atoms with Gasteiger partial charge in [-0.2, -0.15) is 0 Å². The molecule has 0 spiro atoms. The fourth-order valence-corrected chi connectivity index (χ4v) is 3.63. The molecular weight excluding hydrogens is 324 g/mol. The topological polar surface area (TPSA) is 68.3 Å². The molecule has 4 nitrogen and oxygen atoms in total. The molecule has 2 rings (SSSR count). The molecule has 0 amide bonds. The first kappa shape index (κ1) is 18.6. The molecule has 5 heteroatoms. The summed E-state index contributed by atoms with van der Waals surface area (Å²) in [4.78, 5) is 48.3. The maximum atomic E-state index is 12.3. The largest absolute Gasteiger partial charge is 0.298 e. The van der Waals surface area contributed by atoms with E-state index in [4.69, 9.17) is 0 Å². The summed E-state index contributed by atoms with van der Waals surface area (Å²) < 4.78 is 0. The van der Waals surface area contributed by atoms with Crippen molar-refractivity contribution in [2.75, 3.05) is 5.75 Å². The number of hydrogen-bond acceptors (Lipinski definition) is 5. The predicted molar refractivity (Wildman–Crippen MR) is 94.3 cm³/mol. The van der Waals surface area contributed by atoms with E-state index in [-0.39, 0.29) is 47.6 Å². The van der Waals surface area contributed by atoms with Crippen LogP contribution in [0.15, 0.2) is 24.3 Å². The quantitative estimate of drug-likeness (QED) is 0.737. The normalized spacial score (nSPS) is 20.9. The summed E-state index contributed by atoms with van der Waals surface area (Å²) in [6.07, 6.45) is 1.34. The van der Waals surface area contributed by atoms with Crippen LogP contribution in [0.4, 0.5) is 0 Å². The van der Waals surface area contributed by atoms with Crippen LogP contribution in [-0.4, -0.2) is 28.2 Å². The Morgan fingerprint density at radius 1 is 1.04 bits per heavy atom. The van der Waals surface area contributed by atoms with Gasteiger partial charge in [0.25, 0.3) is 0 Å². The number of carbonyl (C=O) groups is 4. The van der Waals surface area contributed by atoms with Gasteiger partial charge in [0.1, 0.15) is 5.92 Å². The Bertz CT molecular complexity index is 630. The van der Waals surface area contributed by atoms with Gasteiger partial charge in [-0.1, -0.05) is 49.9 Å². The lowest BCUT2D eigenvalue weighted by atomic mass is 9.75. The van der Waals surface area contributed by atoms with E-state index < -0.39 is 5.92 Å². The van der Waals surface area contributed by atoms with E-state index >= 15 is 0 Å². The monoisotopic (exact) mass is 346 g/mol. The van der Waals surface area contributed by atoms with Crippen molar-refractivity contribution < 1.29 is 19.2 Å². The molecule has 1 aromatic rings. The van der Waals surface area contributed by atoms with Crippen molar-refractivity contribution in [3.05, 3.63) is 35.4 Å². The summed E-state index contributed by atoms with van der Waals surface area (Å²) >= 11 is 1.25. The molecule has 1 fully saturated rings. The first-order chi connectivity index (χ1) is 11.5. The Kier molecular flexibility index (Phi) is 6.49. The van der Waals surface area contributed by atoms with Gasteiger partial charge in [0.05, 0.1) is 0 Å². The molecule has 0 aromatic heterocycles. The van der Waals surface area contributed by atoms with Gasteiger partial charge in [0, 0.05) is 24.8 Å². The fraction of sp³-hybridized carbons (Fsp3) is 0.474. The van der Waals surface area contributed by atoms with Crippen LogP contribution >= 0.6 is 11.8 Å². The summed E-state index contributed by atoms with van der Waals surface area (Å²) in [5, 5.41) is 0.0186. The van der Waals surface area contributed by atoms with Gasteiger partial charge in [-0.15, -0.1) is 0 Å². The van der Waals surface area contributed by atoms with E-state index in [1.165, 1.54) is 11.8 Å². The second kappa shape index (κ2) is 8.38. The SMILES string of the molecule is CCCC(=O)C1C(=O)CC(c2ccc(C(=O)SCC)cc2)CC1=O. The zero-order valence-electron chi connectivity index (χ0n) is 14.0. The number of Topliss-reactive ketones (excluding diaryl/α,β-unsaturated/α-hetero) is 3. The fourth-order valence-electron chi connectivity index (χ4n) is 3.06. The highest BCUT2D eigenvalue weighted by atomic mass is 32.2. The molecule has 1 aliphatic carbocycles. The van der Waals surface area contributed by atoms with Gasteiger partial charge in [0.2, 0.25) is 5.12 Å². The van der Waals surface area contributed by atoms with Crippen molar-refractivity contribution in [1.82, 2.24) is 0 Å². The average molecular weight is 346 g/mol. The van der Waals surface area contributed by atoms with E-state index in [0.29, 0.717) is 12.0 Å². The zero-order valence-corrected chi connectivity index (χ0v) is 14.9. The van der Waals surface area contributed by atoms with Gasteiger partial charge in [-0.05, 0) is 23.7 Å². The van der Waals surface area contributed by atoms with Gasteiger partial charge < -0.3 is 0 Å². The van der Waals surface area contributed by atoms with Crippen LogP contribution in [0, 0.1) is 5.92 Å². The Labute approximate surface area is 146 Å². The molecule has 1 saturated carbocycles. The highest BCUT2D eigenvalue weighted by molar-refractivity contribution is 8.14. The summed E-state index contributed by atoms with van der Waals surface area (Å²) in [6, 6.07) is 7.10. The number of ketones is 3. The Morgan fingerprint density at radius 2 is 1.62 bits per heavy atom. The summed E-state index contributed by atoms with van der Waals surface area (Å²) in [5.74, 6) is -1.31. The lowest BCUT2D eigenvalue weighted by molar-refractivity contribution is -0.142. The molecule has 0 saturated heterocycles. The maximum Gasteiger partial charge on any atom is 0.219 e. The average Bonchev–Trinajstić information content (AvgIpc) is 2.55. The molecule has 0 radical (unpaired) electrons. The Hall–Kier alpha value is -1.75. The molecular formula is C19H22O4S. The lowest BCUT2D eigenvalue weighted by Gasteiger charge is -2.26. The van der Waals surface area contributed by atoms with Crippen molar-refractivity contribution in [2.24, 2.45) is 5.92 Å². The molecule has 0 bridgehead atoms. The molecule has 0 unspecified atom stereocenters. The molecule has 0 heterocycles. The third-order valence-corrected chi connectivity index (χ3v) is 5.04. The first-order valence-corrected chi connectivity index (χ1v) is 9.31. The van der Waals surface area contributed by atoms with E-state index in [1.54, 1.807) is 12.1 Å². The van der Waals surface area contributed by atoms with Crippen molar-refractivity contribution in [3.63, 3.8) is 0 Å². The van der Waals surface area contributed by atoms with Crippen molar-refractivity contribution in [1.29, 1.82) is 0 Å². The van der Waals surface area contributed by atoms with Crippen molar-refractivity contribution in [2.45, 2.75) is 45.4 Å². The van der Waals surface area contributed by atoms with E-state index in [2.05, 4.69) is 0 Å². The van der Waals surface area contributed by atoms with Crippen LogP contribution < -0.4 is 0 Å². The van der Waals surface area contributed by atoms with Gasteiger partial charge in [-0.3, -0.25) is 19.2 Å². The molecule has 0 aliphatic heterocycles. The number of benzene rings is 1. The van der Waals surface area contributed by atoms with E-state index in [1.807, 2.05) is 26.0 Å². The molecule has 24 heavy (non-hydrogen) atoms. The minimum atomic E-state index is -1.05. The molecule has 0 atom stereocenters. The van der Waals surface area contributed by atoms with Gasteiger partial charge in [-0.25, -0.2) is 0 Å². The standard InChI is InChI=1S/C19H22O4S/c1-3-5-15(20)18-16(21)10-14(11-17(18)22)12-6-8-13(9-7-12)19(23)24-4-2/h6-9,14,18H,3-5,10-11H2,1-2H3. The minimum Gasteiger partial charge on any atom is -0.298 e. The molecule has 1 aromatic carbocycles. The minimum absolute atomic E-state index is 0.0186. The van der Waals surface area contributed by atoms with E-state index in [9.17, 15) is 19.2 Å².